The van der Waals surface area contributed by atoms with Gasteiger partial charge in [0, 0.05) is 30.6 Å². The number of hydrogen-bond donors (Lipinski definition) is 1. The molecule has 0 aliphatic carbocycles. The van der Waals surface area contributed by atoms with Crippen LogP contribution in [0.2, 0.25) is 5.02 Å². The minimum Gasteiger partial charge on any atom is -0.493 e. The van der Waals surface area contributed by atoms with Crippen molar-refractivity contribution in [2.75, 3.05) is 31.6 Å². The summed E-state index contributed by atoms with van der Waals surface area (Å²) < 4.78 is 40.3. The number of rotatable bonds is 15. The predicted octanol–water partition coefficient (Wildman–Crippen LogP) is 5.96. The molecule has 0 bridgehead atoms. The first-order valence-electron chi connectivity index (χ1n) is 15.2. The predicted molar refractivity (Wildman–Crippen MR) is 184 cm³/mol. The molecule has 0 saturated heterocycles. The second kappa shape index (κ2) is 16.3. The van der Waals surface area contributed by atoms with Gasteiger partial charge in [0.15, 0.2) is 11.5 Å². The average Bonchev–Trinajstić information content (AvgIpc) is 3.08. The summed E-state index contributed by atoms with van der Waals surface area (Å²) in [7, 11) is -1.34. The Balaban J connectivity index is 1.83. The fourth-order valence-electron chi connectivity index (χ4n) is 5.04. The summed E-state index contributed by atoms with van der Waals surface area (Å²) >= 11 is 6.32. The lowest BCUT2D eigenvalue weighted by atomic mass is 10.0. The van der Waals surface area contributed by atoms with Crippen molar-refractivity contribution in [1.29, 1.82) is 0 Å². The van der Waals surface area contributed by atoms with Crippen LogP contribution in [0.15, 0.2) is 108 Å². The number of hydrogen-bond acceptors (Lipinski definition) is 6. The molecule has 0 saturated carbocycles. The number of sulfonamides is 1. The molecule has 248 valence electrons. The van der Waals surface area contributed by atoms with Gasteiger partial charge >= 0.3 is 0 Å². The van der Waals surface area contributed by atoms with Crippen molar-refractivity contribution in [2.24, 2.45) is 5.92 Å². The molecular formula is C36H40ClN3O6S. The highest BCUT2D eigenvalue weighted by atomic mass is 35.5. The molecule has 0 radical (unpaired) electrons. The number of carbonyl (C=O) groups excluding carboxylic acids is 2. The Kier molecular flexibility index (Phi) is 12.3. The van der Waals surface area contributed by atoms with E-state index in [1.807, 2.05) is 50.2 Å². The van der Waals surface area contributed by atoms with E-state index in [1.54, 1.807) is 48.5 Å². The number of carbonyl (C=O) groups is 2. The molecule has 9 nitrogen and oxygen atoms in total. The van der Waals surface area contributed by atoms with Crippen LogP contribution in [0.3, 0.4) is 0 Å². The van der Waals surface area contributed by atoms with Crippen molar-refractivity contribution in [3.63, 3.8) is 0 Å². The second-order valence-electron chi connectivity index (χ2n) is 11.4. The van der Waals surface area contributed by atoms with E-state index in [-0.39, 0.29) is 41.1 Å². The van der Waals surface area contributed by atoms with Crippen LogP contribution >= 0.6 is 11.6 Å². The fraction of sp³-hybridized carbons (Fsp3) is 0.278. The molecular weight excluding hydrogens is 638 g/mol. The highest BCUT2D eigenvalue weighted by molar-refractivity contribution is 7.92. The van der Waals surface area contributed by atoms with Gasteiger partial charge in [0.25, 0.3) is 10.0 Å². The molecule has 4 aromatic rings. The van der Waals surface area contributed by atoms with E-state index in [2.05, 4.69) is 5.32 Å². The van der Waals surface area contributed by atoms with Gasteiger partial charge in [-0.2, -0.15) is 0 Å². The number of ether oxygens (including phenoxy) is 2. The number of benzene rings is 4. The highest BCUT2D eigenvalue weighted by Crippen LogP contribution is 2.34. The zero-order chi connectivity index (χ0) is 34.0. The van der Waals surface area contributed by atoms with Crippen LogP contribution in [0.5, 0.6) is 11.5 Å². The first-order valence-corrected chi connectivity index (χ1v) is 17.0. The molecule has 1 atom stereocenters. The Bertz CT molecular complexity index is 1750. The molecule has 0 fully saturated rings. The Hall–Kier alpha value is -4.54. The topological polar surface area (TPSA) is 105 Å². The van der Waals surface area contributed by atoms with E-state index in [1.165, 1.54) is 37.3 Å². The Morgan fingerprint density at radius 1 is 0.809 bits per heavy atom. The lowest BCUT2D eigenvalue weighted by molar-refractivity contribution is -0.140. The molecule has 4 rings (SSSR count). The van der Waals surface area contributed by atoms with Gasteiger partial charge in [-0.15, -0.1) is 0 Å². The maximum absolute atomic E-state index is 14.6. The molecule has 0 aliphatic heterocycles. The summed E-state index contributed by atoms with van der Waals surface area (Å²) in [4.78, 5) is 29.9. The van der Waals surface area contributed by atoms with Crippen molar-refractivity contribution in [3.8, 4) is 11.5 Å². The third-order valence-electron chi connectivity index (χ3n) is 7.46. The third-order valence-corrected chi connectivity index (χ3v) is 9.49. The van der Waals surface area contributed by atoms with Crippen LogP contribution in [0.1, 0.15) is 25.0 Å². The fourth-order valence-corrected chi connectivity index (χ4v) is 6.68. The standard InChI is InChI=1S/C36H40ClN3O6S/c1-26(2)23-38-36(42)32(21-27-12-7-5-8-13-27)39(24-28-14-11-15-29(37)20-28)35(41)25-40(47(43,44)31-16-9-6-10-17-31)30-18-19-33(45-3)34(22-30)46-4/h5-20,22,26,32H,21,23-25H2,1-4H3,(H,38,42). The quantitative estimate of drug-likeness (QED) is 0.166. The van der Waals surface area contributed by atoms with Gasteiger partial charge in [0.1, 0.15) is 12.6 Å². The minimum absolute atomic E-state index is 0.000474. The zero-order valence-electron chi connectivity index (χ0n) is 26.9. The second-order valence-corrected chi connectivity index (χ2v) is 13.7. The summed E-state index contributed by atoms with van der Waals surface area (Å²) in [6.07, 6.45) is 0.207. The van der Waals surface area contributed by atoms with Gasteiger partial charge in [-0.25, -0.2) is 8.42 Å². The van der Waals surface area contributed by atoms with Crippen LogP contribution < -0.4 is 19.1 Å². The van der Waals surface area contributed by atoms with Gasteiger partial charge in [0.05, 0.1) is 24.8 Å². The van der Waals surface area contributed by atoms with Crippen LogP contribution in [-0.2, 0) is 32.6 Å². The summed E-state index contributed by atoms with van der Waals surface area (Å²) in [5.74, 6) is -0.0742. The van der Waals surface area contributed by atoms with E-state index in [4.69, 9.17) is 21.1 Å². The van der Waals surface area contributed by atoms with E-state index in [0.29, 0.717) is 22.9 Å². The number of halogens is 1. The number of amides is 2. The van der Waals surface area contributed by atoms with Gasteiger partial charge in [-0.05, 0) is 53.4 Å². The summed E-state index contributed by atoms with van der Waals surface area (Å²) in [5, 5.41) is 3.45. The first-order chi connectivity index (χ1) is 22.5. The van der Waals surface area contributed by atoms with Gasteiger partial charge in [-0.1, -0.05) is 86.1 Å². The number of nitrogens with one attached hydrogen (secondary N) is 1. The Labute approximate surface area is 282 Å². The van der Waals surface area contributed by atoms with Crippen LogP contribution in [0.25, 0.3) is 0 Å². The summed E-state index contributed by atoms with van der Waals surface area (Å²) in [6.45, 7) is 3.78. The molecule has 47 heavy (non-hydrogen) atoms. The van der Waals surface area contributed by atoms with Gasteiger partial charge in [-0.3, -0.25) is 13.9 Å². The van der Waals surface area contributed by atoms with Crippen molar-refractivity contribution in [3.05, 3.63) is 119 Å². The first kappa shape index (κ1) is 35.3. The van der Waals surface area contributed by atoms with E-state index < -0.39 is 28.5 Å². The third kappa shape index (κ3) is 9.27. The average molecular weight is 678 g/mol. The summed E-state index contributed by atoms with van der Waals surface area (Å²) in [6, 6.07) is 27.9. The maximum atomic E-state index is 14.6. The lowest BCUT2D eigenvalue weighted by Crippen LogP contribution is -2.53. The number of methoxy groups -OCH3 is 2. The molecule has 1 unspecified atom stereocenters. The van der Waals surface area contributed by atoms with Gasteiger partial charge in [0.2, 0.25) is 11.8 Å². The SMILES string of the molecule is COc1ccc(N(CC(=O)N(Cc2cccc(Cl)c2)C(Cc2ccccc2)C(=O)NCC(C)C)S(=O)(=O)c2ccccc2)cc1OC. The summed E-state index contributed by atoms with van der Waals surface area (Å²) in [5.41, 5.74) is 1.71. The normalized spacial score (nSPS) is 11.9. The van der Waals surface area contributed by atoms with Crippen LogP contribution in [-0.4, -0.2) is 58.5 Å². The van der Waals surface area contributed by atoms with Crippen LogP contribution in [0.4, 0.5) is 5.69 Å². The Morgan fingerprint density at radius 3 is 2.06 bits per heavy atom. The largest absolute Gasteiger partial charge is 0.493 e. The smallest absolute Gasteiger partial charge is 0.264 e. The van der Waals surface area contributed by atoms with E-state index >= 15 is 0 Å². The molecule has 0 aliphatic rings. The number of nitrogens with zero attached hydrogens (tertiary/aromatic N) is 2. The Morgan fingerprint density at radius 2 is 1.45 bits per heavy atom. The maximum Gasteiger partial charge on any atom is 0.264 e. The molecule has 0 heterocycles. The van der Waals surface area contributed by atoms with Gasteiger partial charge < -0.3 is 19.7 Å². The monoisotopic (exact) mass is 677 g/mol. The molecule has 1 N–H and O–H groups in total. The molecule has 2 amide bonds. The number of anilines is 1. The molecule has 0 spiro atoms. The van der Waals surface area contributed by atoms with Crippen molar-refractivity contribution in [1.82, 2.24) is 10.2 Å². The molecule has 4 aromatic carbocycles. The highest BCUT2D eigenvalue weighted by Gasteiger charge is 2.35. The van der Waals surface area contributed by atoms with Crippen LogP contribution in [0, 0.1) is 5.92 Å². The van der Waals surface area contributed by atoms with Crippen molar-refractivity contribution < 1.29 is 27.5 Å². The molecule has 0 aromatic heterocycles. The van der Waals surface area contributed by atoms with E-state index in [9.17, 15) is 18.0 Å². The van der Waals surface area contributed by atoms with Crippen molar-refractivity contribution in [2.45, 2.75) is 37.8 Å². The minimum atomic E-state index is -4.27. The van der Waals surface area contributed by atoms with E-state index in [0.717, 1.165) is 9.87 Å². The molecule has 11 heteroatoms. The van der Waals surface area contributed by atoms with Crippen molar-refractivity contribution >= 4 is 39.1 Å². The lowest BCUT2D eigenvalue weighted by Gasteiger charge is -2.34. The zero-order valence-corrected chi connectivity index (χ0v) is 28.5.